The molecule has 0 bridgehead atoms. The first-order valence-electron chi connectivity index (χ1n) is 8.83. The Balaban J connectivity index is 1.94. The average molecular weight is 359 g/mol. The van der Waals surface area contributed by atoms with Crippen LogP contribution in [0, 0.1) is 5.82 Å². The van der Waals surface area contributed by atoms with Gasteiger partial charge in [-0.25, -0.2) is 9.38 Å². The highest BCUT2D eigenvalue weighted by molar-refractivity contribution is 5.79. The van der Waals surface area contributed by atoms with E-state index >= 15 is 0 Å². The van der Waals surface area contributed by atoms with Crippen LogP contribution in [-0.4, -0.2) is 30.8 Å². The first-order valence-corrected chi connectivity index (χ1v) is 8.83. The third-order valence-corrected chi connectivity index (χ3v) is 3.68. The normalized spacial score (nSPS) is 11.3. The molecule has 3 N–H and O–H groups in total. The minimum absolute atomic E-state index is 0.125. The van der Waals surface area contributed by atoms with Crippen LogP contribution in [0.2, 0.25) is 0 Å². The number of benzene rings is 2. The fraction of sp³-hybridized carbons (Fsp3) is 0.350. The predicted molar refractivity (Wildman–Crippen MR) is 102 cm³/mol. The largest absolute Gasteiger partial charge is 0.504 e. The summed E-state index contributed by atoms with van der Waals surface area (Å²) in [5.74, 6) is 1.06. The lowest BCUT2D eigenvalue weighted by molar-refractivity contribution is 0.318. The Bertz CT molecular complexity index is 735. The number of nitrogens with one attached hydrogen (secondary N) is 2. The van der Waals surface area contributed by atoms with Gasteiger partial charge in [-0.05, 0) is 55.7 Å². The molecule has 2 aromatic rings. The van der Waals surface area contributed by atoms with Gasteiger partial charge in [0.1, 0.15) is 5.82 Å². The maximum atomic E-state index is 13.2. The van der Waals surface area contributed by atoms with E-state index < -0.39 is 0 Å². The van der Waals surface area contributed by atoms with Crippen LogP contribution in [0.4, 0.5) is 4.39 Å². The fourth-order valence-corrected chi connectivity index (χ4v) is 2.46. The van der Waals surface area contributed by atoms with Crippen LogP contribution in [0.25, 0.3) is 0 Å². The Labute approximate surface area is 153 Å². The Kier molecular flexibility index (Phi) is 7.74. The summed E-state index contributed by atoms with van der Waals surface area (Å²) in [4.78, 5) is 4.55. The molecule has 2 rings (SSSR count). The maximum Gasteiger partial charge on any atom is 0.191 e. The SMILES string of the molecule is CCNC(=NCc1ccc(O)c(OCC)c1)NCCc1cccc(F)c1. The molecule has 5 nitrogen and oxygen atoms in total. The van der Waals surface area contributed by atoms with Crippen molar-refractivity contribution in [3.05, 3.63) is 59.4 Å². The zero-order valence-corrected chi connectivity index (χ0v) is 15.3. The van der Waals surface area contributed by atoms with Gasteiger partial charge in [0, 0.05) is 13.1 Å². The molecule has 0 atom stereocenters. The molecule has 0 saturated carbocycles. The number of hydrogen-bond acceptors (Lipinski definition) is 3. The van der Waals surface area contributed by atoms with E-state index in [2.05, 4.69) is 15.6 Å². The van der Waals surface area contributed by atoms with Gasteiger partial charge in [0.25, 0.3) is 0 Å². The molecule has 0 aliphatic rings. The molecular weight excluding hydrogens is 333 g/mol. The molecule has 0 aliphatic heterocycles. The lowest BCUT2D eigenvalue weighted by atomic mass is 10.1. The summed E-state index contributed by atoms with van der Waals surface area (Å²) in [5, 5.41) is 16.2. The van der Waals surface area contributed by atoms with E-state index in [1.165, 1.54) is 12.1 Å². The van der Waals surface area contributed by atoms with E-state index in [0.717, 1.165) is 17.7 Å². The Morgan fingerprint density at radius 1 is 1.12 bits per heavy atom. The van der Waals surface area contributed by atoms with E-state index in [1.807, 2.05) is 26.0 Å². The van der Waals surface area contributed by atoms with Crippen molar-refractivity contribution in [3.63, 3.8) is 0 Å². The number of aliphatic imine (C=N–C) groups is 1. The molecule has 0 unspecified atom stereocenters. The standard InChI is InChI=1S/C20H26FN3O2/c1-3-22-20(23-11-10-15-6-5-7-17(21)12-15)24-14-16-8-9-18(25)19(13-16)26-4-2/h5-9,12-13,25H,3-4,10-11,14H2,1-2H3,(H2,22,23,24). The first kappa shape index (κ1) is 19.6. The fourth-order valence-electron chi connectivity index (χ4n) is 2.46. The van der Waals surface area contributed by atoms with E-state index in [9.17, 15) is 9.50 Å². The van der Waals surface area contributed by atoms with E-state index in [0.29, 0.717) is 37.8 Å². The van der Waals surface area contributed by atoms with Gasteiger partial charge in [0.15, 0.2) is 17.5 Å². The minimum Gasteiger partial charge on any atom is -0.504 e. The molecule has 0 fully saturated rings. The minimum atomic E-state index is -0.222. The highest BCUT2D eigenvalue weighted by atomic mass is 19.1. The monoisotopic (exact) mass is 359 g/mol. The Hall–Kier alpha value is -2.76. The van der Waals surface area contributed by atoms with Crippen LogP contribution in [-0.2, 0) is 13.0 Å². The number of hydrogen-bond donors (Lipinski definition) is 3. The van der Waals surface area contributed by atoms with Gasteiger partial charge >= 0.3 is 0 Å². The van der Waals surface area contributed by atoms with Crippen molar-refractivity contribution >= 4 is 5.96 Å². The number of ether oxygens (including phenoxy) is 1. The van der Waals surface area contributed by atoms with Crippen molar-refractivity contribution in [2.45, 2.75) is 26.8 Å². The molecule has 0 saturated heterocycles. The summed E-state index contributed by atoms with van der Waals surface area (Å²) < 4.78 is 18.6. The van der Waals surface area contributed by atoms with E-state index in [4.69, 9.17) is 4.74 Å². The number of phenolic OH excluding ortho intramolecular Hbond substituents is 1. The van der Waals surface area contributed by atoms with Crippen molar-refractivity contribution in [2.75, 3.05) is 19.7 Å². The van der Waals surface area contributed by atoms with Crippen LogP contribution in [0.5, 0.6) is 11.5 Å². The Morgan fingerprint density at radius 2 is 1.96 bits per heavy atom. The van der Waals surface area contributed by atoms with Crippen molar-refractivity contribution in [3.8, 4) is 11.5 Å². The summed E-state index contributed by atoms with van der Waals surface area (Å²) >= 11 is 0. The van der Waals surface area contributed by atoms with Gasteiger partial charge in [-0.15, -0.1) is 0 Å². The highest BCUT2D eigenvalue weighted by Gasteiger charge is 2.04. The topological polar surface area (TPSA) is 65.9 Å². The zero-order valence-electron chi connectivity index (χ0n) is 15.3. The van der Waals surface area contributed by atoms with Crippen LogP contribution >= 0.6 is 0 Å². The summed E-state index contributed by atoms with van der Waals surface area (Å²) in [7, 11) is 0. The molecule has 0 amide bonds. The zero-order chi connectivity index (χ0) is 18.8. The second-order valence-electron chi connectivity index (χ2n) is 5.74. The average Bonchev–Trinajstić information content (AvgIpc) is 2.62. The number of phenols is 1. The molecule has 0 aromatic heterocycles. The van der Waals surface area contributed by atoms with Gasteiger partial charge < -0.3 is 20.5 Å². The van der Waals surface area contributed by atoms with Crippen LogP contribution < -0.4 is 15.4 Å². The molecule has 0 heterocycles. The van der Waals surface area contributed by atoms with Crippen LogP contribution in [0.1, 0.15) is 25.0 Å². The van der Waals surface area contributed by atoms with Gasteiger partial charge in [0.2, 0.25) is 0 Å². The molecule has 26 heavy (non-hydrogen) atoms. The van der Waals surface area contributed by atoms with Gasteiger partial charge in [-0.1, -0.05) is 18.2 Å². The molecule has 0 aliphatic carbocycles. The molecule has 140 valence electrons. The van der Waals surface area contributed by atoms with Crippen molar-refractivity contribution < 1.29 is 14.2 Å². The first-order chi connectivity index (χ1) is 12.6. The lowest BCUT2D eigenvalue weighted by Crippen LogP contribution is -2.38. The Morgan fingerprint density at radius 3 is 2.69 bits per heavy atom. The molecule has 0 radical (unpaired) electrons. The number of halogens is 1. The van der Waals surface area contributed by atoms with Gasteiger partial charge in [0.05, 0.1) is 13.2 Å². The molecule has 0 spiro atoms. The van der Waals surface area contributed by atoms with Gasteiger partial charge in [-0.2, -0.15) is 0 Å². The predicted octanol–water partition coefficient (Wildman–Crippen LogP) is 3.23. The second-order valence-corrected chi connectivity index (χ2v) is 5.74. The molecule has 6 heteroatoms. The number of guanidine groups is 1. The van der Waals surface area contributed by atoms with Crippen LogP contribution in [0.15, 0.2) is 47.5 Å². The number of nitrogens with zero attached hydrogens (tertiary/aromatic N) is 1. The summed E-state index contributed by atoms with van der Waals surface area (Å²) in [6.07, 6.45) is 0.704. The van der Waals surface area contributed by atoms with E-state index in [-0.39, 0.29) is 11.6 Å². The van der Waals surface area contributed by atoms with Gasteiger partial charge in [-0.3, -0.25) is 0 Å². The second kappa shape index (κ2) is 10.3. The van der Waals surface area contributed by atoms with E-state index in [1.54, 1.807) is 18.2 Å². The summed E-state index contributed by atoms with van der Waals surface area (Å²) in [6.45, 7) is 6.20. The third kappa shape index (κ3) is 6.27. The van der Waals surface area contributed by atoms with Crippen LogP contribution in [0.3, 0.4) is 0 Å². The smallest absolute Gasteiger partial charge is 0.191 e. The number of rotatable bonds is 8. The molecular formula is C20H26FN3O2. The maximum absolute atomic E-state index is 13.2. The van der Waals surface area contributed by atoms with Crippen molar-refractivity contribution in [1.82, 2.24) is 10.6 Å². The summed E-state index contributed by atoms with van der Waals surface area (Å²) in [6, 6.07) is 11.8. The third-order valence-electron chi connectivity index (χ3n) is 3.68. The quantitative estimate of drug-likeness (QED) is 0.500. The highest BCUT2D eigenvalue weighted by Crippen LogP contribution is 2.27. The lowest BCUT2D eigenvalue weighted by Gasteiger charge is -2.12. The summed E-state index contributed by atoms with van der Waals surface area (Å²) in [5.41, 5.74) is 1.88. The molecule has 2 aromatic carbocycles. The van der Waals surface area contributed by atoms with Crippen molar-refractivity contribution in [1.29, 1.82) is 0 Å². The number of aromatic hydroxyl groups is 1. The van der Waals surface area contributed by atoms with Crippen molar-refractivity contribution in [2.24, 2.45) is 4.99 Å².